The summed E-state index contributed by atoms with van der Waals surface area (Å²) >= 11 is 0. The molecule has 3 aliphatic rings. The van der Waals surface area contributed by atoms with Crippen molar-refractivity contribution in [1.29, 1.82) is 0 Å². The Morgan fingerprint density at radius 2 is 1.59 bits per heavy atom. The first-order valence-corrected chi connectivity index (χ1v) is 13.9. The molecular formula is C29H40N4O4. The first-order valence-electron chi connectivity index (χ1n) is 13.9. The highest BCUT2D eigenvalue weighted by Crippen LogP contribution is 2.34. The number of allylic oxidation sites excluding steroid dienone is 1. The third-order valence-electron chi connectivity index (χ3n) is 9.02. The molecular weight excluding hydrogens is 468 g/mol. The highest BCUT2D eigenvalue weighted by Gasteiger charge is 2.32. The number of carbonyl (C=O) groups is 1. The molecule has 1 saturated heterocycles. The van der Waals surface area contributed by atoms with Crippen molar-refractivity contribution in [3.63, 3.8) is 0 Å². The number of rotatable bonds is 6. The fourth-order valence-corrected chi connectivity index (χ4v) is 6.62. The molecule has 0 spiro atoms. The van der Waals surface area contributed by atoms with Crippen molar-refractivity contribution in [3.05, 3.63) is 51.3 Å². The van der Waals surface area contributed by atoms with Crippen molar-refractivity contribution < 1.29 is 9.53 Å². The molecule has 2 aliphatic carbocycles. The largest absolute Gasteiger partial charge is 0.497 e. The molecule has 1 aliphatic heterocycles. The zero-order valence-electron chi connectivity index (χ0n) is 22.3. The van der Waals surface area contributed by atoms with Gasteiger partial charge in [0, 0.05) is 51.4 Å². The molecule has 0 radical (unpaired) electrons. The van der Waals surface area contributed by atoms with E-state index < -0.39 is 0 Å². The molecule has 1 aromatic carbocycles. The number of hydrogen-bond acceptors (Lipinski definition) is 5. The molecule has 200 valence electrons. The van der Waals surface area contributed by atoms with Crippen LogP contribution >= 0.6 is 0 Å². The van der Waals surface area contributed by atoms with Crippen LogP contribution in [-0.2, 0) is 18.4 Å². The molecule has 1 amide bonds. The van der Waals surface area contributed by atoms with Crippen molar-refractivity contribution >= 4 is 16.8 Å². The van der Waals surface area contributed by atoms with Crippen LogP contribution < -0.4 is 16.0 Å². The molecule has 8 nitrogen and oxygen atoms in total. The summed E-state index contributed by atoms with van der Waals surface area (Å²) in [6.07, 6.45) is 8.46. The minimum atomic E-state index is -0.294. The fraction of sp³-hybridized carbons (Fsp3) is 0.621. The van der Waals surface area contributed by atoms with E-state index in [0.29, 0.717) is 29.1 Å². The third kappa shape index (κ3) is 5.07. The molecule has 2 heterocycles. The molecule has 0 unspecified atom stereocenters. The molecule has 5 rings (SSSR count). The summed E-state index contributed by atoms with van der Waals surface area (Å²) in [5.74, 6) is 1.75. The number of benzene rings is 1. The van der Waals surface area contributed by atoms with Crippen LogP contribution in [0.3, 0.4) is 0 Å². The smallest absolute Gasteiger partial charge is 0.331 e. The Bertz CT molecular complexity index is 1270. The molecule has 1 aromatic heterocycles. The van der Waals surface area contributed by atoms with Gasteiger partial charge in [-0.3, -0.25) is 18.7 Å². The van der Waals surface area contributed by atoms with Gasteiger partial charge in [-0.25, -0.2) is 4.79 Å². The van der Waals surface area contributed by atoms with E-state index >= 15 is 0 Å². The van der Waals surface area contributed by atoms with Crippen LogP contribution in [0, 0.1) is 17.8 Å². The minimum absolute atomic E-state index is 0.0428. The van der Waals surface area contributed by atoms with Crippen LogP contribution in [0.15, 0.2) is 40.1 Å². The molecule has 0 N–H and O–H groups in total. The molecule has 0 bridgehead atoms. The summed E-state index contributed by atoms with van der Waals surface area (Å²) < 4.78 is 8.18. The van der Waals surface area contributed by atoms with Gasteiger partial charge in [0.05, 0.1) is 18.0 Å². The molecule has 3 fully saturated rings. The predicted molar refractivity (Wildman–Crippen MR) is 145 cm³/mol. The first-order chi connectivity index (χ1) is 17.9. The first kappa shape index (κ1) is 25.6. The Morgan fingerprint density at radius 1 is 0.946 bits per heavy atom. The summed E-state index contributed by atoms with van der Waals surface area (Å²) in [6.45, 7) is 8.08. The Labute approximate surface area is 218 Å². The maximum atomic E-state index is 13.3. The van der Waals surface area contributed by atoms with Crippen molar-refractivity contribution in [1.82, 2.24) is 18.9 Å². The van der Waals surface area contributed by atoms with Gasteiger partial charge in [-0.1, -0.05) is 19.4 Å². The van der Waals surface area contributed by atoms with Gasteiger partial charge in [-0.15, -0.1) is 0 Å². The van der Waals surface area contributed by atoms with Gasteiger partial charge in [0.2, 0.25) is 5.91 Å². The van der Waals surface area contributed by atoms with Crippen LogP contribution in [0.1, 0.15) is 51.4 Å². The number of carbonyl (C=O) groups excluding carboxylic acids is 1. The molecule has 2 saturated carbocycles. The van der Waals surface area contributed by atoms with E-state index in [9.17, 15) is 14.4 Å². The molecule has 0 atom stereocenters. The van der Waals surface area contributed by atoms with Crippen LogP contribution in [0.5, 0.6) is 5.75 Å². The van der Waals surface area contributed by atoms with Crippen LogP contribution in [0.4, 0.5) is 0 Å². The SMILES string of the molecule is C=C(C1CCCC1)N1CCN(C(=O)C2CCC(Cn3c(=O)c4cc(OC)ccc4n(C)c3=O)CC2)CC1. The number of ether oxygens (including phenoxy) is 1. The fourth-order valence-electron chi connectivity index (χ4n) is 6.62. The second-order valence-electron chi connectivity index (χ2n) is 11.1. The van der Waals surface area contributed by atoms with Crippen molar-refractivity contribution in [2.45, 2.75) is 57.9 Å². The quantitative estimate of drug-likeness (QED) is 0.598. The van der Waals surface area contributed by atoms with Gasteiger partial charge in [0.1, 0.15) is 5.75 Å². The topological polar surface area (TPSA) is 76.8 Å². The zero-order chi connectivity index (χ0) is 26.1. The van der Waals surface area contributed by atoms with E-state index in [1.807, 2.05) is 4.90 Å². The number of fused-ring (bicyclic) bond motifs is 1. The number of aryl methyl sites for hydroxylation is 1. The van der Waals surface area contributed by atoms with Gasteiger partial charge < -0.3 is 14.5 Å². The molecule has 8 heteroatoms. The lowest BCUT2D eigenvalue weighted by Gasteiger charge is -2.40. The number of amides is 1. The summed E-state index contributed by atoms with van der Waals surface area (Å²) in [6, 6.07) is 5.21. The highest BCUT2D eigenvalue weighted by atomic mass is 16.5. The van der Waals surface area contributed by atoms with Gasteiger partial charge >= 0.3 is 5.69 Å². The van der Waals surface area contributed by atoms with E-state index in [0.717, 1.165) is 51.9 Å². The Kier molecular flexibility index (Phi) is 7.45. The number of aromatic nitrogens is 2. The summed E-state index contributed by atoms with van der Waals surface area (Å²) in [7, 11) is 3.26. The van der Waals surface area contributed by atoms with E-state index in [2.05, 4.69) is 11.5 Å². The van der Waals surface area contributed by atoms with E-state index in [-0.39, 0.29) is 29.0 Å². The van der Waals surface area contributed by atoms with Crippen molar-refractivity contribution in [3.8, 4) is 5.75 Å². The molecule has 37 heavy (non-hydrogen) atoms. The highest BCUT2D eigenvalue weighted by molar-refractivity contribution is 5.80. The van der Waals surface area contributed by atoms with Gasteiger partial charge in [-0.05, 0) is 68.6 Å². The second-order valence-corrected chi connectivity index (χ2v) is 11.1. The Hall–Kier alpha value is -3.03. The Balaban J connectivity index is 1.18. The lowest BCUT2D eigenvalue weighted by molar-refractivity contribution is -0.138. The lowest BCUT2D eigenvalue weighted by atomic mass is 9.81. The maximum absolute atomic E-state index is 13.3. The number of hydrogen-bond donors (Lipinski definition) is 0. The van der Waals surface area contributed by atoms with Crippen molar-refractivity contribution in [2.75, 3.05) is 33.3 Å². The Morgan fingerprint density at radius 3 is 2.24 bits per heavy atom. The maximum Gasteiger partial charge on any atom is 0.331 e. The van der Waals surface area contributed by atoms with E-state index in [1.54, 1.807) is 32.4 Å². The van der Waals surface area contributed by atoms with E-state index in [4.69, 9.17) is 4.74 Å². The predicted octanol–water partition coefficient (Wildman–Crippen LogP) is 3.36. The van der Waals surface area contributed by atoms with Crippen LogP contribution in [0.25, 0.3) is 10.9 Å². The summed E-state index contributed by atoms with van der Waals surface area (Å²) in [5, 5.41) is 0.486. The third-order valence-corrected chi connectivity index (χ3v) is 9.02. The monoisotopic (exact) mass is 508 g/mol. The van der Waals surface area contributed by atoms with Gasteiger partial charge in [0.25, 0.3) is 5.56 Å². The zero-order valence-corrected chi connectivity index (χ0v) is 22.3. The van der Waals surface area contributed by atoms with Crippen molar-refractivity contribution in [2.24, 2.45) is 24.8 Å². The standard InChI is InChI=1S/C29H40N4O4/c1-20(22-6-4-5-7-22)31-14-16-32(17-15-31)27(34)23-10-8-21(9-11-23)19-33-28(35)25-18-24(37-3)12-13-26(25)30(2)29(33)36/h12-13,18,21-23H,1,4-11,14-17,19H2,2-3H3. The normalized spacial score (nSPS) is 23.0. The summed E-state index contributed by atoms with van der Waals surface area (Å²) in [4.78, 5) is 43.9. The number of methoxy groups -OCH3 is 1. The summed E-state index contributed by atoms with van der Waals surface area (Å²) in [5.41, 5.74) is 1.32. The molecule has 2 aromatic rings. The number of nitrogens with zero attached hydrogens (tertiary/aromatic N) is 4. The van der Waals surface area contributed by atoms with Gasteiger partial charge in [-0.2, -0.15) is 0 Å². The number of piperazine rings is 1. The second kappa shape index (κ2) is 10.8. The van der Waals surface area contributed by atoms with E-state index in [1.165, 1.54) is 40.5 Å². The van der Waals surface area contributed by atoms with Gasteiger partial charge in [0.15, 0.2) is 0 Å². The van der Waals surface area contributed by atoms with Crippen LogP contribution in [-0.4, -0.2) is 58.1 Å². The van der Waals surface area contributed by atoms with Crippen LogP contribution in [0.2, 0.25) is 0 Å². The average Bonchev–Trinajstić information content (AvgIpc) is 3.49. The minimum Gasteiger partial charge on any atom is -0.497 e. The lowest BCUT2D eigenvalue weighted by Crippen LogP contribution is -2.50. The average molecular weight is 509 g/mol.